The van der Waals surface area contributed by atoms with Crippen molar-refractivity contribution in [3.63, 3.8) is 0 Å². The lowest BCUT2D eigenvalue weighted by Crippen LogP contribution is -2.38. The van der Waals surface area contributed by atoms with Crippen LogP contribution < -0.4 is 32.7 Å². The summed E-state index contributed by atoms with van der Waals surface area (Å²) in [7, 11) is -10.3. The number of anilines is 1. The summed E-state index contributed by atoms with van der Waals surface area (Å²) in [5.74, 6) is 0.493. The summed E-state index contributed by atoms with van der Waals surface area (Å²) < 4.78 is 59.7. The fraction of sp³-hybridized carbons (Fsp3) is 0.788. The fourth-order valence-corrected chi connectivity index (χ4v) is 9.05. The van der Waals surface area contributed by atoms with Crippen LogP contribution in [0.25, 0.3) is 0 Å². The maximum atomic E-state index is 12.6. The first kappa shape index (κ1) is 50.9. The van der Waals surface area contributed by atoms with Crippen molar-refractivity contribution < 1.29 is 80.9 Å². The van der Waals surface area contributed by atoms with Gasteiger partial charge in [0.2, 0.25) is 11.8 Å². The number of nitrogen functional groups attached to an aromatic ring is 1. The second-order valence-electron chi connectivity index (χ2n) is 14.1. The minimum Gasteiger partial charge on any atom is -0.386 e. The Bertz CT molecular complexity index is 1720. The van der Waals surface area contributed by atoms with Crippen molar-refractivity contribution >= 4 is 51.1 Å². The Balaban J connectivity index is 0.960. The number of phosphoric ester groups is 2. The average molecular weight is 934 g/mol. The van der Waals surface area contributed by atoms with E-state index in [0.717, 1.165) is 29.6 Å². The first-order valence-electron chi connectivity index (χ1n) is 19.7. The highest BCUT2D eigenvalue weighted by Crippen LogP contribution is 2.45. The molecule has 4 heterocycles. The highest BCUT2D eigenvalue weighted by atomic mass is 32.2. The van der Waals surface area contributed by atoms with Crippen molar-refractivity contribution in [2.24, 2.45) is 0 Å². The predicted molar refractivity (Wildman–Crippen MR) is 214 cm³/mol. The SMILES string of the molecule is Nc1nc(=O)n([C@@H]2O[C@H](COP(=O)(O)O)C(OP(=O)(O)O)C2O)cc1CCCNC(=O)CCOCCOCCOCCOCCNC(=O)CCCC[C@@H]1SC[C@@H]2NC(=O)N[C@@H]21. The molecule has 3 aliphatic rings. The number of rotatable bonds is 30. The Morgan fingerprint density at radius 3 is 2.20 bits per heavy atom. The summed E-state index contributed by atoms with van der Waals surface area (Å²) in [6, 6.07) is 0.303. The van der Waals surface area contributed by atoms with Crippen molar-refractivity contribution in [3.8, 4) is 0 Å². The Kier molecular flexibility index (Phi) is 21.3. The van der Waals surface area contributed by atoms with Gasteiger partial charge in [0.1, 0.15) is 24.1 Å². The number of thioether (sulfide) groups is 1. The van der Waals surface area contributed by atoms with Crippen LogP contribution in [0.3, 0.4) is 0 Å². The van der Waals surface area contributed by atoms with Gasteiger partial charge in [0.15, 0.2) is 6.23 Å². The van der Waals surface area contributed by atoms with Crippen LogP contribution in [0.5, 0.6) is 0 Å². The van der Waals surface area contributed by atoms with Gasteiger partial charge in [0.25, 0.3) is 0 Å². The number of unbranched alkanes of at least 4 members (excludes halogenated alkanes) is 1. The molecule has 1 aromatic heterocycles. The number of aryl methyl sites for hydroxylation is 1. The Hall–Kier alpha value is -2.78. The second-order valence-corrected chi connectivity index (χ2v) is 17.8. The highest BCUT2D eigenvalue weighted by molar-refractivity contribution is 8.00. The molecule has 25 nitrogen and oxygen atoms in total. The second kappa shape index (κ2) is 25.5. The number of nitrogens with zero attached hydrogens (tertiary/aromatic N) is 2. The molecule has 11 N–H and O–H groups in total. The number of fused-ring (bicyclic) bond motifs is 1. The smallest absolute Gasteiger partial charge is 0.386 e. The lowest BCUT2D eigenvalue weighted by molar-refractivity contribution is -0.122. The van der Waals surface area contributed by atoms with Crippen LogP contribution in [0.1, 0.15) is 50.3 Å². The zero-order valence-electron chi connectivity index (χ0n) is 33.4. The summed E-state index contributed by atoms with van der Waals surface area (Å²) in [6.45, 7) is 2.25. The summed E-state index contributed by atoms with van der Waals surface area (Å²) in [4.78, 5) is 88.7. The Morgan fingerprint density at radius 2 is 1.52 bits per heavy atom. The maximum absolute atomic E-state index is 12.6. The van der Waals surface area contributed by atoms with E-state index >= 15 is 0 Å². The molecule has 4 amide bonds. The van der Waals surface area contributed by atoms with E-state index in [4.69, 9.17) is 39.2 Å². The zero-order chi connectivity index (χ0) is 44.4. The number of urea groups is 1. The van der Waals surface area contributed by atoms with Crippen LogP contribution in [0.4, 0.5) is 10.6 Å². The Morgan fingerprint density at radius 1 is 0.885 bits per heavy atom. The molecule has 0 spiro atoms. The first-order valence-corrected chi connectivity index (χ1v) is 23.8. The molecule has 0 aromatic carbocycles. The summed E-state index contributed by atoms with van der Waals surface area (Å²) in [5.41, 5.74) is 5.21. The number of carbonyl (C=O) groups excluding carboxylic acids is 3. The highest BCUT2D eigenvalue weighted by Gasteiger charge is 2.49. The van der Waals surface area contributed by atoms with Gasteiger partial charge in [0, 0.05) is 48.7 Å². The van der Waals surface area contributed by atoms with Gasteiger partial charge in [-0.25, -0.2) is 18.7 Å². The monoisotopic (exact) mass is 933 g/mol. The lowest BCUT2D eigenvalue weighted by Gasteiger charge is -2.21. The lowest BCUT2D eigenvalue weighted by atomic mass is 10.0. The number of hydrogen-bond donors (Lipinski definition) is 10. The number of aliphatic hydroxyl groups excluding tert-OH is 1. The third-order valence-corrected chi connectivity index (χ3v) is 12.0. The van der Waals surface area contributed by atoms with E-state index in [2.05, 4.69) is 35.3 Å². The number of amides is 4. The minimum absolute atomic E-state index is 0.00856. The van der Waals surface area contributed by atoms with Crippen molar-refractivity contribution in [1.29, 1.82) is 0 Å². The van der Waals surface area contributed by atoms with Crippen LogP contribution in [-0.4, -0.2) is 166 Å². The number of hydrogen-bond acceptors (Lipinski definition) is 17. The Labute approximate surface area is 355 Å². The molecule has 3 aliphatic heterocycles. The van der Waals surface area contributed by atoms with Crippen molar-refractivity contribution in [2.75, 3.05) is 84.0 Å². The van der Waals surface area contributed by atoms with E-state index in [1.54, 1.807) is 0 Å². The topological polar surface area (TPSA) is 360 Å². The summed E-state index contributed by atoms with van der Waals surface area (Å²) in [5, 5.41) is 22.6. The van der Waals surface area contributed by atoms with Crippen LogP contribution >= 0.6 is 27.4 Å². The van der Waals surface area contributed by atoms with Gasteiger partial charge in [-0.3, -0.25) is 23.2 Å². The van der Waals surface area contributed by atoms with Crippen LogP contribution in [0.15, 0.2) is 11.0 Å². The number of aliphatic hydroxyl groups is 1. The average Bonchev–Trinajstić information content (AvgIpc) is 3.84. The van der Waals surface area contributed by atoms with Crippen molar-refractivity contribution in [1.82, 2.24) is 30.8 Å². The van der Waals surface area contributed by atoms with Gasteiger partial charge >= 0.3 is 27.4 Å². The van der Waals surface area contributed by atoms with Crippen LogP contribution in [0.2, 0.25) is 0 Å². The van der Waals surface area contributed by atoms with Gasteiger partial charge in [0.05, 0.1) is 71.5 Å². The molecular formula is C33H57N7O18P2S. The van der Waals surface area contributed by atoms with E-state index in [1.807, 2.05) is 11.8 Å². The molecule has 0 radical (unpaired) electrons. The number of nitrogens with two attached hydrogens (primary N) is 1. The molecule has 0 bridgehead atoms. The van der Waals surface area contributed by atoms with Crippen LogP contribution in [0, 0.1) is 0 Å². The molecule has 0 saturated carbocycles. The van der Waals surface area contributed by atoms with Crippen LogP contribution in [-0.2, 0) is 57.9 Å². The number of carbonyl (C=O) groups is 3. The van der Waals surface area contributed by atoms with Gasteiger partial charge in [-0.15, -0.1) is 0 Å². The number of ether oxygens (including phenoxy) is 5. The molecular weight excluding hydrogens is 876 g/mol. The van der Waals surface area contributed by atoms with E-state index in [-0.39, 0.29) is 68.3 Å². The third-order valence-electron chi connectivity index (χ3n) is 9.49. The molecule has 4 rings (SSSR count). The predicted octanol–water partition coefficient (Wildman–Crippen LogP) is -1.98. The summed E-state index contributed by atoms with van der Waals surface area (Å²) >= 11 is 1.87. The van der Waals surface area contributed by atoms with Gasteiger partial charge in [-0.2, -0.15) is 16.7 Å². The van der Waals surface area contributed by atoms with E-state index in [9.17, 15) is 43.2 Å². The quantitative estimate of drug-likeness (QED) is 0.0227. The molecule has 348 valence electrons. The van der Waals surface area contributed by atoms with E-state index in [1.165, 1.54) is 6.20 Å². The molecule has 28 heteroatoms. The molecule has 0 aliphatic carbocycles. The molecule has 3 fully saturated rings. The molecule has 7 atom stereocenters. The molecule has 3 saturated heterocycles. The molecule has 2 unspecified atom stereocenters. The zero-order valence-corrected chi connectivity index (χ0v) is 36.0. The fourth-order valence-electron chi connectivity index (χ4n) is 6.59. The maximum Gasteiger partial charge on any atom is 0.470 e. The van der Waals surface area contributed by atoms with Gasteiger partial charge in [-0.1, -0.05) is 6.42 Å². The molecule has 61 heavy (non-hydrogen) atoms. The van der Waals surface area contributed by atoms with Gasteiger partial charge < -0.3 is 75.4 Å². The molecule has 1 aromatic rings. The van der Waals surface area contributed by atoms with E-state index in [0.29, 0.717) is 69.8 Å². The standard InChI is InChI=1S/C33H57N7O18P2S/c34-30-21(18-40(33(45)39-30)31-28(43)29(58-60(49,50)51)23(57-31)19-56-59(46,47)48)4-3-8-35-26(42)7-10-52-12-14-54-16-17-55-15-13-53-11-9-36-25(41)6-2-1-5-24-27-22(20-61-24)37-32(44)38-27/h18,22-24,27-29,31,43H,1-17,19-20H2,(H,35,42)(H,36,41)(H2,34,39,45)(H2,37,38,44)(H2,46,47,48)(H2,49,50,51)/t22-,23+,24-,27-,28?,29?,31+/m0/s1. The van der Waals surface area contributed by atoms with E-state index < -0.39 is 52.5 Å². The number of aromatic nitrogens is 2. The minimum atomic E-state index is -5.24. The van der Waals surface area contributed by atoms with Crippen molar-refractivity contribution in [2.45, 2.75) is 86.8 Å². The third kappa shape index (κ3) is 18.5. The number of nitrogens with one attached hydrogen (secondary N) is 4. The largest absolute Gasteiger partial charge is 0.470 e. The van der Waals surface area contributed by atoms with Gasteiger partial charge in [-0.05, 0) is 25.7 Å². The summed E-state index contributed by atoms with van der Waals surface area (Å²) in [6.07, 6.45) is -2.03. The first-order chi connectivity index (χ1) is 29.0. The number of phosphoric acid groups is 2. The normalized spacial score (nSPS) is 23.8. The van der Waals surface area contributed by atoms with Crippen molar-refractivity contribution in [3.05, 3.63) is 22.2 Å².